The van der Waals surface area contributed by atoms with Crippen molar-refractivity contribution < 1.29 is 18.3 Å². The number of fused-ring (bicyclic) bond motifs is 1. The highest BCUT2D eigenvalue weighted by Crippen LogP contribution is 2.37. The van der Waals surface area contributed by atoms with Gasteiger partial charge in [-0.05, 0) is 36.6 Å². The minimum Gasteiger partial charge on any atom is -0.396 e. The number of benzene rings is 1. The van der Waals surface area contributed by atoms with Crippen LogP contribution in [0, 0.1) is 5.41 Å². The topological polar surface area (TPSA) is 95.5 Å². The van der Waals surface area contributed by atoms with Crippen molar-refractivity contribution >= 4 is 21.6 Å². The van der Waals surface area contributed by atoms with Gasteiger partial charge in [0.2, 0.25) is 15.9 Å². The predicted octanol–water partition coefficient (Wildman–Crippen LogP) is 1.01. The lowest BCUT2D eigenvalue weighted by atomic mass is 9.88. The van der Waals surface area contributed by atoms with Gasteiger partial charge in [0.25, 0.3) is 0 Å². The molecular weight excluding hydrogens is 304 g/mol. The molecule has 0 radical (unpaired) electrons. The van der Waals surface area contributed by atoms with E-state index in [1.54, 1.807) is 6.07 Å². The van der Waals surface area contributed by atoms with Gasteiger partial charge < -0.3 is 10.4 Å². The Labute approximate surface area is 130 Å². The summed E-state index contributed by atoms with van der Waals surface area (Å²) >= 11 is 0. The molecule has 1 aromatic rings. The summed E-state index contributed by atoms with van der Waals surface area (Å²) in [5, 5.41) is 12.2. The number of nitrogens with one attached hydrogen (secondary N) is 2. The second kappa shape index (κ2) is 5.64. The van der Waals surface area contributed by atoms with Crippen LogP contribution in [0.3, 0.4) is 0 Å². The Bertz CT molecular complexity index is 693. The van der Waals surface area contributed by atoms with Gasteiger partial charge in [0.05, 0.1) is 11.3 Å². The van der Waals surface area contributed by atoms with Crippen molar-refractivity contribution in [3.63, 3.8) is 0 Å². The van der Waals surface area contributed by atoms with Crippen LogP contribution in [0.25, 0.3) is 0 Å². The monoisotopic (exact) mass is 324 g/mol. The number of rotatable bonds is 5. The van der Waals surface area contributed by atoms with Crippen LogP contribution in [0.2, 0.25) is 0 Å². The van der Waals surface area contributed by atoms with Crippen LogP contribution in [0.1, 0.15) is 31.2 Å². The maximum Gasteiger partial charge on any atom is 0.240 e. The highest BCUT2D eigenvalue weighted by molar-refractivity contribution is 7.89. The van der Waals surface area contributed by atoms with Crippen molar-refractivity contribution in [3.8, 4) is 0 Å². The fraction of sp³-hybridized carbons (Fsp3) is 0.533. The Balaban J connectivity index is 1.76. The molecule has 1 heterocycles. The summed E-state index contributed by atoms with van der Waals surface area (Å²) in [5.74, 6) is -0.123. The molecule has 7 heteroatoms. The molecule has 0 unspecified atom stereocenters. The van der Waals surface area contributed by atoms with Crippen molar-refractivity contribution in [2.45, 2.75) is 37.0 Å². The van der Waals surface area contributed by atoms with Crippen molar-refractivity contribution in [3.05, 3.63) is 23.8 Å². The maximum absolute atomic E-state index is 12.4. The summed E-state index contributed by atoms with van der Waals surface area (Å²) in [6.07, 6.45) is 3.94. The number of amides is 1. The lowest BCUT2D eigenvalue weighted by Gasteiger charge is -2.26. The van der Waals surface area contributed by atoms with Crippen molar-refractivity contribution in [2.24, 2.45) is 5.41 Å². The summed E-state index contributed by atoms with van der Waals surface area (Å²) in [6.45, 7) is 0.248. The van der Waals surface area contributed by atoms with Crippen molar-refractivity contribution in [2.75, 3.05) is 18.5 Å². The van der Waals surface area contributed by atoms with E-state index in [1.807, 2.05) is 0 Å². The van der Waals surface area contributed by atoms with Gasteiger partial charge in [-0.25, -0.2) is 13.1 Å². The van der Waals surface area contributed by atoms with E-state index < -0.39 is 10.0 Å². The fourth-order valence-electron chi connectivity index (χ4n) is 3.22. The second-order valence-electron chi connectivity index (χ2n) is 6.23. The van der Waals surface area contributed by atoms with E-state index in [4.69, 9.17) is 0 Å². The number of carbonyl (C=O) groups excluding carboxylic acids is 1. The number of carbonyl (C=O) groups is 1. The summed E-state index contributed by atoms with van der Waals surface area (Å²) in [4.78, 5) is 11.5. The SMILES string of the molecule is O=C1Cc2cc(S(=O)(=O)NCC3(CO)CCCC3)ccc2N1. The number of aliphatic hydroxyl groups is 1. The van der Waals surface area contributed by atoms with E-state index in [9.17, 15) is 18.3 Å². The van der Waals surface area contributed by atoms with Gasteiger partial charge in [0.1, 0.15) is 0 Å². The van der Waals surface area contributed by atoms with Crippen LogP contribution in [0.5, 0.6) is 0 Å². The van der Waals surface area contributed by atoms with Crippen LogP contribution >= 0.6 is 0 Å². The van der Waals surface area contributed by atoms with Gasteiger partial charge in [-0.3, -0.25) is 4.79 Å². The summed E-state index contributed by atoms with van der Waals surface area (Å²) in [7, 11) is -3.64. The molecule has 120 valence electrons. The van der Waals surface area contributed by atoms with E-state index in [0.29, 0.717) is 11.3 Å². The molecular formula is C15H20N2O4S. The number of sulfonamides is 1. The molecule has 3 rings (SSSR count). The first-order valence-electron chi connectivity index (χ1n) is 7.47. The maximum atomic E-state index is 12.4. The number of hydrogen-bond donors (Lipinski definition) is 3. The zero-order valence-electron chi connectivity index (χ0n) is 12.3. The molecule has 0 spiro atoms. The van der Waals surface area contributed by atoms with Crippen LogP contribution in [0.15, 0.2) is 23.1 Å². The van der Waals surface area contributed by atoms with Crippen molar-refractivity contribution in [1.82, 2.24) is 4.72 Å². The molecule has 22 heavy (non-hydrogen) atoms. The third kappa shape index (κ3) is 2.88. The molecule has 1 saturated carbocycles. The van der Waals surface area contributed by atoms with E-state index in [2.05, 4.69) is 10.0 Å². The van der Waals surface area contributed by atoms with Gasteiger partial charge >= 0.3 is 0 Å². The molecule has 1 fully saturated rings. The zero-order chi connectivity index (χ0) is 15.8. The summed E-state index contributed by atoms with van der Waals surface area (Å²) in [6, 6.07) is 4.65. The number of aliphatic hydroxyl groups excluding tert-OH is 1. The Morgan fingerprint density at radius 2 is 2.00 bits per heavy atom. The van der Waals surface area contributed by atoms with Crippen molar-refractivity contribution in [1.29, 1.82) is 0 Å². The molecule has 0 atom stereocenters. The average Bonchev–Trinajstić information content (AvgIpc) is 3.10. The van der Waals surface area contributed by atoms with E-state index in [-0.39, 0.29) is 35.8 Å². The molecule has 1 aliphatic heterocycles. The Hall–Kier alpha value is -1.44. The predicted molar refractivity (Wildman–Crippen MR) is 82.0 cm³/mol. The first-order valence-corrected chi connectivity index (χ1v) is 8.96. The smallest absolute Gasteiger partial charge is 0.240 e. The van der Waals surface area contributed by atoms with Crippen LogP contribution in [-0.4, -0.2) is 32.6 Å². The van der Waals surface area contributed by atoms with Crippen LogP contribution in [0.4, 0.5) is 5.69 Å². The van der Waals surface area contributed by atoms with Gasteiger partial charge in [-0.1, -0.05) is 12.8 Å². The third-order valence-corrected chi connectivity index (χ3v) is 6.05. The minimum absolute atomic E-state index is 0.00186. The van der Waals surface area contributed by atoms with E-state index >= 15 is 0 Å². The first kappa shape index (κ1) is 15.5. The van der Waals surface area contributed by atoms with Gasteiger partial charge in [0, 0.05) is 24.3 Å². The molecule has 6 nitrogen and oxygen atoms in total. The van der Waals surface area contributed by atoms with E-state index in [0.717, 1.165) is 25.7 Å². The molecule has 0 bridgehead atoms. The molecule has 1 amide bonds. The van der Waals surface area contributed by atoms with Gasteiger partial charge in [-0.15, -0.1) is 0 Å². The lowest BCUT2D eigenvalue weighted by Crippen LogP contribution is -2.38. The Morgan fingerprint density at radius 3 is 2.68 bits per heavy atom. The fourth-order valence-corrected chi connectivity index (χ4v) is 4.43. The highest BCUT2D eigenvalue weighted by Gasteiger charge is 2.34. The largest absolute Gasteiger partial charge is 0.396 e. The van der Waals surface area contributed by atoms with Crippen LogP contribution < -0.4 is 10.0 Å². The zero-order valence-corrected chi connectivity index (χ0v) is 13.1. The third-order valence-electron chi connectivity index (χ3n) is 4.65. The molecule has 0 aromatic heterocycles. The highest BCUT2D eigenvalue weighted by atomic mass is 32.2. The average molecular weight is 324 g/mol. The Morgan fingerprint density at radius 1 is 1.27 bits per heavy atom. The number of anilines is 1. The van der Waals surface area contributed by atoms with Crippen LogP contribution in [-0.2, 0) is 21.2 Å². The van der Waals surface area contributed by atoms with Gasteiger partial charge in [0.15, 0.2) is 0 Å². The first-order chi connectivity index (χ1) is 10.4. The second-order valence-corrected chi connectivity index (χ2v) is 8.00. The van der Waals surface area contributed by atoms with E-state index in [1.165, 1.54) is 12.1 Å². The Kier molecular flexibility index (Phi) is 3.96. The molecule has 3 N–H and O–H groups in total. The van der Waals surface area contributed by atoms with Gasteiger partial charge in [-0.2, -0.15) is 0 Å². The summed E-state index contributed by atoms with van der Waals surface area (Å²) < 4.78 is 27.5. The molecule has 0 saturated heterocycles. The molecule has 2 aliphatic rings. The number of hydrogen-bond acceptors (Lipinski definition) is 4. The molecule has 1 aliphatic carbocycles. The normalized spacial score (nSPS) is 20.0. The minimum atomic E-state index is -3.64. The summed E-state index contributed by atoms with van der Waals surface area (Å²) in [5.41, 5.74) is 1.04. The lowest BCUT2D eigenvalue weighted by molar-refractivity contribution is -0.115. The quantitative estimate of drug-likeness (QED) is 0.753. The standard InChI is InChI=1S/C15H20N2O4S/c18-10-15(5-1-2-6-15)9-16-22(20,21)12-3-4-13-11(7-12)8-14(19)17-13/h3-4,7,16,18H,1-2,5-6,8-10H2,(H,17,19). The molecule has 1 aromatic carbocycles.